The number of aromatic nitrogens is 2. The van der Waals surface area contributed by atoms with Crippen molar-refractivity contribution in [1.29, 1.82) is 0 Å². The van der Waals surface area contributed by atoms with Crippen LogP contribution in [0, 0.1) is 0 Å². The monoisotopic (exact) mass is 290 g/mol. The summed E-state index contributed by atoms with van der Waals surface area (Å²) in [5.41, 5.74) is 7.29. The van der Waals surface area contributed by atoms with Gasteiger partial charge in [-0.3, -0.25) is 9.48 Å². The van der Waals surface area contributed by atoms with Crippen LogP contribution in [0.25, 0.3) is 0 Å². The van der Waals surface area contributed by atoms with E-state index in [4.69, 9.17) is 15.2 Å². The second-order valence-electron chi connectivity index (χ2n) is 4.40. The number of hydrogen-bond acceptors (Lipinski definition) is 5. The normalized spacial score (nSPS) is 10.4. The Morgan fingerprint density at radius 2 is 2.24 bits per heavy atom. The lowest BCUT2D eigenvalue weighted by molar-refractivity contribution is 0.102. The van der Waals surface area contributed by atoms with Crippen LogP contribution in [0.15, 0.2) is 30.6 Å². The molecular formula is C14H18N4O3. The third-order valence-electron chi connectivity index (χ3n) is 2.91. The number of nitrogens with one attached hydrogen (secondary N) is 1. The van der Waals surface area contributed by atoms with Gasteiger partial charge in [0, 0.05) is 18.9 Å². The maximum Gasteiger partial charge on any atom is 0.255 e. The zero-order valence-corrected chi connectivity index (χ0v) is 12.0. The molecule has 1 amide bonds. The molecule has 0 bridgehead atoms. The van der Waals surface area contributed by atoms with E-state index in [1.807, 2.05) is 0 Å². The molecule has 7 heteroatoms. The van der Waals surface area contributed by atoms with Gasteiger partial charge in [-0.25, -0.2) is 0 Å². The second-order valence-corrected chi connectivity index (χ2v) is 4.40. The number of methoxy groups -OCH3 is 2. The highest BCUT2D eigenvalue weighted by Gasteiger charge is 2.10. The summed E-state index contributed by atoms with van der Waals surface area (Å²) in [5, 5.41) is 6.89. The average Bonchev–Trinajstić information content (AvgIpc) is 2.93. The maximum absolute atomic E-state index is 12.1. The van der Waals surface area contributed by atoms with E-state index < -0.39 is 0 Å². The number of amides is 1. The predicted molar refractivity (Wildman–Crippen MR) is 79.5 cm³/mol. The lowest BCUT2D eigenvalue weighted by atomic mass is 10.2. The lowest BCUT2D eigenvalue weighted by Crippen LogP contribution is -2.12. The zero-order chi connectivity index (χ0) is 15.2. The third-order valence-corrected chi connectivity index (χ3v) is 2.91. The zero-order valence-electron chi connectivity index (χ0n) is 12.0. The lowest BCUT2D eigenvalue weighted by Gasteiger charge is -2.07. The molecule has 0 spiro atoms. The summed E-state index contributed by atoms with van der Waals surface area (Å²) in [6.45, 7) is 1.19. The highest BCUT2D eigenvalue weighted by molar-refractivity contribution is 6.04. The molecule has 0 aliphatic rings. The van der Waals surface area contributed by atoms with Crippen molar-refractivity contribution in [3.8, 4) is 5.75 Å². The molecule has 0 fully saturated rings. The Balaban J connectivity index is 2.05. The van der Waals surface area contributed by atoms with Gasteiger partial charge in [-0.1, -0.05) is 0 Å². The van der Waals surface area contributed by atoms with E-state index >= 15 is 0 Å². The van der Waals surface area contributed by atoms with Crippen LogP contribution in [-0.4, -0.2) is 36.5 Å². The highest BCUT2D eigenvalue weighted by Crippen LogP contribution is 2.22. The van der Waals surface area contributed by atoms with Crippen LogP contribution in [0.3, 0.4) is 0 Å². The first kappa shape index (κ1) is 14.9. The fourth-order valence-electron chi connectivity index (χ4n) is 1.79. The minimum absolute atomic E-state index is 0.250. The minimum Gasteiger partial charge on any atom is -0.495 e. The molecule has 0 unspecified atom stereocenters. The Morgan fingerprint density at radius 3 is 2.95 bits per heavy atom. The molecule has 112 valence electrons. The summed E-state index contributed by atoms with van der Waals surface area (Å²) in [6, 6.07) is 4.87. The summed E-state index contributed by atoms with van der Waals surface area (Å²) in [7, 11) is 3.13. The molecular weight excluding hydrogens is 272 g/mol. The van der Waals surface area contributed by atoms with Gasteiger partial charge in [0.15, 0.2) is 0 Å². The number of anilines is 2. The van der Waals surface area contributed by atoms with Crippen molar-refractivity contribution in [3.05, 3.63) is 36.2 Å². The molecule has 1 aromatic carbocycles. The van der Waals surface area contributed by atoms with Gasteiger partial charge in [0.25, 0.3) is 5.91 Å². The number of nitrogens with zero attached hydrogens (tertiary/aromatic N) is 2. The molecule has 0 aliphatic heterocycles. The van der Waals surface area contributed by atoms with Crippen molar-refractivity contribution in [2.24, 2.45) is 0 Å². The fraction of sp³-hybridized carbons (Fsp3) is 0.286. The Bertz CT molecular complexity index is 624. The van der Waals surface area contributed by atoms with Crippen LogP contribution in [-0.2, 0) is 11.3 Å². The quantitative estimate of drug-likeness (QED) is 0.784. The van der Waals surface area contributed by atoms with Crippen molar-refractivity contribution < 1.29 is 14.3 Å². The molecule has 1 heterocycles. The SMILES string of the molecule is COCCn1cc(NC(=O)c2ccc(N)c(OC)c2)cn1. The number of nitrogen functional groups attached to an aromatic ring is 1. The minimum atomic E-state index is -0.250. The van der Waals surface area contributed by atoms with Crippen LogP contribution in [0.1, 0.15) is 10.4 Å². The van der Waals surface area contributed by atoms with Gasteiger partial charge in [-0.05, 0) is 18.2 Å². The van der Waals surface area contributed by atoms with E-state index in [1.165, 1.54) is 7.11 Å². The first-order valence-corrected chi connectivity index (χ1v) is 6.40. The standard InChI is InChI=1S/C14H18N4O3/c1-20-6-5-18-9-11(8-16-18)17-14(19)10-3-4-12(15)13(7-10)21-2/h3-4,7-9H,5-6,15H2,1-2H3,(H,17,19). The first-order valence-electron chi connectivity index (χ1n) is 6.40. The van der Waals surface area contributed by atoms with E-state index in [1.54, 1.807) is 42.4 Å². The van der Waals surface area contributed by atoms with Crippen LogP contribution in [0.4, 0.5) is 11.4 Å². The Morgan fingerprint density at radius 1 is 1.43 bits per heavy atom. The second kappa shape index (κ2) is 6.76. The summed E-state index contributed by atoms with van der Waals surface area (Å²) < 4.78 is 11.8. The van der Waals surface area contributed by atoms with Crippen LogP contribution in [0.2, 0.25) is 0 Å². The number of carbonyl (C=O) groups excluding carboxylic acids is 1. The number of ether oxygens (including phenoxy) is 2. The number of carbonyl (C=O) groups is 1. The largest absolute Gasteiger partial charge is 0.495 e. The molecule has 0 saturated heterocycles. The number of hydrogen-bond donors (Lipinski definition) is 2. The number of rotatable bonds is 6. The Hall–Kier alpha value is -2.54. The van der Waals surface area contributed by atoms with Gasteiger partial charge in [-0.2, -0.15) is 5.10 Å². The van der Waals surface area contributed by atoms with Crippen molar-refractivity contribution in [3.63, 3.8) is 0 Å². The van der Waals surface area contributed by atoms with Gasteiger partial charge in [0.1, 0.15) is 5.75 Å². The third kappa shape index (κ3) is 3.73. The molecule has 2 rings (SSSR count). The fourth-order valence-corrected chi connectivity index (χ4v) is 1.79. The summed E-state index contributed by atoms with van der Waals surface area (Å²) in [6.07, 6.45) is 3.33. The Labute approximate surface area is 122 Å². The highest BCUT2D eigenvalue weighted by atomic mass is 16.5. The van der Waals surface area contributed by atoms with E-state index in [2.05, 4.69) is 10.4 Å². The van der Waals surface area contributed by atoms with Gasteiger partial charge < -0.3 is 20.5 Å². The summed E-state index contributed by atoms with van der Waals surface area (Å²) in [5.74, 6) is 0.220. The van der Waals surface area contributed by atoms with E-state index in [0.29, 0.717) is 35.8 Å². The van der Waals surface area contributed by atoms with E-state index in [-0.39, 0.29) is 5.91 Å². The molecule has 7 nitrogen and oxygen atoms in total. The Kier molecular flexibility index (Phi) is 4.78. The van der Waals surface area contributed by atoms with Crippen molar-refractivity contribution in [2.45, 2.75) is 6.54 Å². The van der Waals surface area contributed by atoms with Crippen LogP contribution in [0.5, 0.6) is 5.75 Å². The molecule has 2 aromatic rings. The van der Waals surface area contributed by atoms with Crippen molar-refractivity contribution in [1.82, 2.24) is 9.78 Å². The van der Waals surface area contributed by atoms with E-state index in [0.717, 1.165) is 0 Å². The molecule has 21 heavy (non-hydrogen) atoms. The van der Waals surface area contributed by atoms with Gasteiger partial charge in [0.2, 0.25) is 0 Å². The molecule has 0 aliphatic carbocycles. The van der Waals surface area contributed by atoms with E-state index in [9.17, 15) is 4.79 Å². The molecule has 1 aromatic heterocycles. The van der Waals surface area contributed by atoms with Crippen LogP contribution < -0.4 is 15.8 Å². The maximum atomic E-state index is 12.1. The molecule has 3 N–H and O–H groups in total. The average molecular weight is 290 g/mol. The van der Waals surface area contributed by atoms with Crippen molar-refractivity contribution >= 4 is 17.3 Å². The summed E-state index contributed by atoms with van der Waals surface area (Å²) >= 11 is 0. The van der Waals surface area contributed by atoms with Gasteiger partial charge >= 0.3 is 0 Å². The van der Waals surface area contributed by atoms with Gasteiger partial charge in [-0.15, -0.1) is 0 Å². The topological polar surface area (TPSA) is 91.4 Å². The molecule has 0 saturated carbocycles. The smallest absolute Gasteiger partial charge is 0.255 e. The number of nitrogens with two attached hydrogens (primary N) is 1. The molecule has 0 radical (unpaired) electrons. The number of benzene rings is 1. The first-order chi connectivity index (χ1) is 10.1. The predicted octanol–water partition coefficient (Wildman–Crippen LogP) is 1.37. The molecule has 0 atom stereocenters. The van der Waals surface area contributed by atoms with Crippen molar-refractivity contribution in [2.75, 3.05) is 31.9 Å². The van der Waals surface area contributed by atoms with Gasteiger partial charge in [0.05, 0.1) is 37.8 Å². The summed E-state index contributed by atoms with van der Waals surface area (Å²) in [4.78, 5) is 12.1. The van der Waals surface area contributed by atoms with Crippen LogP contribution >= 0.6 is 0 Å².